The number of alkyl halides is 3. The van der Waals surface area contributed by atoms with Crippen molar-refractivity contribution in [1.29, 1.82) is 0 Å². The summed E-state index contributed by atoms with van der Waals surface area (Å²) in [6.07, 6.45) is -0.0933. The number of rotatable bonds is 4. The van der Waals surface area contributed by atoms with Gasteiger partial charge in [-0.25, -0.2) is 4.98 Å². The molecule has 0 aromatic carbocycles. The highest BCUT2D eigenvalue weighted by atomic mass is 32.1. The van der Waals surface area contributed by atoms with Crippen molar-refractivity contribution in [1.82, 2.24) is 30.7 Å². The second-order valence-corrected chi connectivity index (χ2v) is 7.85. The Hall–Kier alpha value is -2.99. The van der Waals surface area contributed by atoms with Gasteiger partial charge >= 0.3 is 6.18 Å². The molecule has 2 fully saturated rings. The van der Waals surface area contributed by atoms with E-state index in [1.807, 2.05) is 11.8 Å². The van der Waals surface area contributed by atoms with Gasteiger partial charge in [-0.05, 0) is 37.4 Å². The van der Waals surface area contributed by atoms with Crippen LogP contribution in [0.3, 0.4) is 0 Å². The zero-order chi connectivity index (χ0) is 22.2. The zero-order valence-electron chi connectivity index (χ0n) is 16.5. The van der Waals surface area contributed by atoms with Crippen molar-refractivity contribution >= 4 is 35.1 Å². The molecule has 0 spiro atoms. The smallest absolute Gasteiger partial charge is 0.351 e. The van der Waals surface area contributed by atoms with Gasteiger partial charge in [0, 0.05) is 50.2 Å². The van der Waals surface area contributed by atoms with E-state index in [1.165, 1.54) is 6.07 Å². The van der Waals surface area contributed by atoms with E-state index in [0.29, 0.717) is 43.4 Å². The molecule has 2 aromatic heterocycles. The van der Waals surface area contributed by atoms with Crippen molar-refractivity contribution in [2.45, 2.75) is 25.7 Å². The fourth-order valence-corrected chi connectivity index (χ4v) is 3.88. The molecule has 1 unspecified atom stereocenters. The number of aromatic amines is 1. The molecule has 12 heteroatoms. The summed E-state index contributed by atoms with van der Waals surface area (Å²) in [5.41, 5.74) is 1.15. The normalized spacial score (nSPS) is 21.5. The zero-order valence-corrected chi connectivity index (χ0v) is 17.3. The number of aromatic nitrogens is 3. The molecule has 8 nitrogen and oxygen atoms in total. The average Bonchev–Trinajstić information content (AvgIpc) is 3.27. The van der Waals surface area contributed by atoms with Gasteiger partial charge in [0.1, 0.15) is 11.5 Å². The van der Waals surface area contributed by atoms with E-state index in [1.54, 1.807) is 12.3 Å². The first-order valence-corrected chi connectivity index (χ1v) is 10.0. The molecular formula is C19H20F3N7OS. The van der Waals surface area contributed by atoms with E-state index in [-0.39, 0.29) is 17.1 Å². The van der Waals surface area contributed by atoms with Crippen LogP contribution < -0.4 is 15.5 Å². The van der Waals surface area contributed by atoms with E-state index in [9.17, 15) is 18.0 Å². The van der Waals surface area contributed by atoms with Gasteiger partial charge in [0.15, 0.2) is 5.11 Å². The molecule has 2 aliphatic heterocycles. The molecule has 4 heterocycles. The maximum atomic E-state index is 12.8. The Labute approximate surface area is 181 Å². The van der Waals surface area contributed by atoms with Gasteiger partial charge in [0.2, 0.25) is 0 Å². The Morgan fingerprint density at radius 2 is 2.10 bits per heavy atom. The molecule has 2 saturated heterocycles. The predicted octanol–water partition coefficient (Wildman–Crippen LogP) is 1.88. The van der Waals surface area contributed by atoms with Gasteiger partial charge in [-0.15, -0.1) is 0 Å². The number of hydrogen-bond acceptors (Lipinski definition) is 6. The van der Waals surface area contributed by atoms with Crippen LogP contribution in [0.4, 0.5) is 19.0 Å². The molecule has 1 amide bonds. The minimum Gasteiger partial charge on any atom is -0.351 e. The molecule has 2 aromatic rings. The second kappa shape index (κ2) is 8.27. The van der Waals surface area contributed by atoms with Crippen molar-refractivity contribution < 1.29 is 18.0 Å². The van der Waals surface area contributed by atoms with Crippen LogP contribution in [0.1, 0.15) is 23.7 Å². The number of nitrogens with zero attached hydrogens (tertiary/aromatic N) is 4. The predicted molar refractivity (Wildman–Crippen MR) is 112 cm³/mol. The number of piperazine rings is 1. The summed E-state index contributed by atoms with van der Waals surface area (Å²) in [5, 5.41) is 12.6. The number of anilines is 1. The highest BCUT2D eigenvalue weighted by Gasteiger charge is 2.32. The summed E-state index contributed by atoms with van der Waals surface area (Å²) >= 11 is 4.94. The van der Waals surface area contributed by atoms with E-state index in [4.69, 9.17) is 12.2 Å². The van der Waals surface area contributed by atoms with Gasteiger partial charge in [-0.3, -0.25) is 20.1 Å². The van der Waals surface area contributed by atoms with Crippen molar-refractivity contribution in [2.75, 3.05) is 24.5 Å². The third-order valence-corrected chi connectivity index (χ3v) is 5.43. The molecule has 164 valence electrons. The third-order valence-electron chi connectivity index (χ3n) is 5.23. The van der Waals surface area contributed by atoms with E-state index in [0.717, 1.165) is 17.8 Å². The van der Waals surface area contributed by atoms with Crippen LogP contribution in [0, 0.1) is 0 Å². The minimum atomic E-state index is -4.40. The number of amides is 1. The maximum absolute atomic E-state index is 12.8. The van der Waals surface area contributed by atoms with Gasteiger partial charge in [0.25, 0.3) is 5.91 Å². The number of pyridine rings is 1. The second-order valence-electron chi connectivity index (χ2n) is 7.44. The number of thiocarbonyl (C=S) groups is 1. The summed E-state index contributed by atoms with van der Waals surface area (Å²) in [6.45, 7) is 4.66. The molecular weight excluding hydrogens is 431 g/mol. The molecule has 1 atom stereocenters. The highest BCUT2D eigenvalue weighted by Crippen LogP contribution is 2.30. The van der Waals surface area contributed by atoms with Gasteiger partial charge < -0.3 is 10.2 Å². The molecule has 0 aliphatic carbocycles. The van der Waals surface area contributed by atoms with E-state index >= 15 is 0 Å². The molecule has 3 N–H and O–H groups in total. The van der Waals surface area contributed by atoms with Gasteiger partial charge in [0.05, 0.1) is 11.3 Å². The number of carbonyl (C=O) groups excluding carboxylic acids is 1. The lowest BCUT2D eigenvalue weighted by atomic mass is 10.1. The Morgan fingerprint density at radius 3 is 2.71 bits per heavy atom. The lowest BCUT2D eigenvalue weighted by Gasteiger charge is -2.40. The molecule has 31 heavy (non-hydrogen) atoms. The molecule has 0 radical (unpaired) electrons. The van der Waals surface area contributed by atoms with Crippen molar-refractivity contribution in [3.63, 3.8) is 0 Å². The Morgan fingerprint density at radius 1 is 1.29 bits per heavy atom. The average molecular weight is 451 g/mol. The summed E-state index contributed by atoms with van der Waals surface area (Å²) in [5.74, 6) is 0.230. The lowest BCUT2D eigenvalue weighted by molar-refractivity contribution is -0.137. The van der Waals surface area contributed by atoms with Crippen LogP contribution in [0.5, 0.6) is 0 Å². The minimum absolute atomic E-state index is 0.0614. The maximum Gasteiger partial charge on any atom is 0.417 e. The number of hydrogen-bond donors (Lipinski definition) is 3. The van der Waals surface area contributed by atoms with Crippen LogP contribution in [0.15, 0.2) is 30.2 Å². The fraction of sp³-hybridized carbons (Fsp3) is 0.368. The first kappa shape index (κ1) is 21.2. The van der Waals surface area contributed by atoms with Crippen molar-refractivity contribution in [3.05, 3.63) is 47.0 Å². The molecule has 2 aliphatic rings. The summed E-state index contributed by atoms with van der Waals surface area (Å²) in [6, 6.07) is 2.54. The summed E-state index contributed by atoms with van der Waals surface area (Å²) in [7, 11) is 0. The van der Waals surface area contributed by atoms with Crippen LogP contribution in [0.2, 0.25) is 0 Å². The quantitative estimate of drug-likeness (QED) is 0.483. The Balaban J connectivity index is 1.40. The van der Waals surface area contributed by atoms with Gasteiger partial charge in [-0.1, -0.05) is 0 Å². The first-order chi connectivity index (χ1) is 14.7. The SMILES string of the molecule is CC1CN(Cc2c[nH]nc2/C=C2/NC(=S)NC2=O)CCN1c1ccc(C(F)(F)F)cn1. The molecule has 4 rings (SSSR count). The highest BCUT2D eigenvalue weighted by molar-refractivity contribution is 7.80. The van der Waals surface area contributed by atoms with Crippen LogP contribution >= 0.6 is 12.2 Å². The lowest BCUT2D eigenvalue weighted by Crippen LogP contribution is -2.51. The number of H-pyrrole nitrogens is 1. The van der Waals surface area contributed by atoms with E-state index < -0.39 is 11.7 Å². The summed E-state index contributed by atoms with van der Waals surface area (Å²) < 4.78 is 38.3. The standard InChI is InChI=1S/C19H20F3N7OS/c1-11-9-28(4-5-29(11)16-3-2-13(8-23-16)19(20,21)22)10-12-7-24-27-14(12)6-15-17(30)26-18(31)25-15/h2-3,6-8,11H,4-5,9-10H2,1H3,(H,24,27)(H2,25,26,30,31)/b15-6+. The topological polar surface area (TPSA) is 89.2 Å². The number of carbonyl (C=O) groups is 1. The fourth-order valence-electron chi connectivity index (χ4n) is 3.68. The largest absolute Gasteiger partial charge is 0.417 e. The molecule has 0 saturated carbocycles. The van der Waals surface area contributed by atoms with Gasteiger partial charge in [-0.2, -0.15) is 18.3 Å². The first-order valence-electron chi connectivity index (χ1n) is 9.59. The molecule has 0 bridgehead atoms. The summed E-state index contributed by atoms with van der Waals surface area (Å²) in [4.78, 5) is 20.1. The van der Waals surface area contributed by atoms with Crippen LogP contribution in [0.25, 0.3) is 6.08 Å². The van der Waals surface area contributed by atoms with Crippen LogP contribution in [-0.2, 0) is 17.5 Å². The number of nitrogens with one attached hydrogen (secondary N) is 3. The van der Waals surface area contributed by atoms with Crippen molar-refractivity contribution in [3.8, 4) is 0 Å². The Bertz CT molecular complexity index is 1020. The van der Waals surface area contributed by atoms with E-state index in [2.05, 4.69) is 30.7 Å². The monoisotopic (exact) mass is 451 g/mol. The van der Waals surface area contributed by atoms with Crippen molar-refractivity contribution in [2.24, 2.45) is 0 Å². The third kappa shape index (κ3) is 4.69. The number of halogens is 3. The Kier molecular flexibility index (Phi) is 5.67. The van der Waals surface area contributed by atoms with Crippen LogP contribution in [-0.4, -0.2) is 56.8 Å².